The van der Waals surface area contributed by atoms with Crippen LogP contribution in [-0.2, 0) is 25.6 Å². The van der Waals surface area contributed by atoms with Gasteiger partial charge in [0.25, 0.3) is 0 Å². The van der Waals surface area contributed by atoms with Crippen molar-refractivity contribution >= 4 is 5.78 Å². The average Bonchev–Trinajstić information content (AvgIpc) is 2.71. The van der Waals surface area contributed by atoms with E-state index >= 15 is 0 Å². The Labute approximate surface area is 100 Å². The van der Waals surface area contributed by atoms with E-state index in [0.717, 1.165) is 5.56 Å². The van der Waals surface area contributed by atoms with Crippen molar-refractivity contribution in [2.24, 2.45) is 0 Å². The van der Waals surface area contributed by atoms with Gasteiger partial charge in [-0.05, 0) is 5.56 Å². The van der Waals surface area contributed by atoms with Gasteiger partial charge in [-0.2, -0.15) is 0 Å². The predicted molar refractivity (Wildman–Crippen MR) is 61.4 cm³/mol. The Morgan fingerprint density at radius 1 is 1.35 bits per heavy atom. The fraction of sp³-hybridized carbons (Fsp3) is 0.462. The van der Waals surface area contributed by atoms with E-state index in [1.54, 1.807) is 0 Å². The molecule has 17 heavy (non-hydrogen) atoms. The van der Waals surface area contributed by atoms with Crippen molar-refractivity contribution in [2.45, 2.75) is 25.4 Å². The lowest BCUT2D eigenvalue weighted by Gasteiger charge is -2.11. The van der Waals surface area contributed by atoms with Gasteiger partial charge >= 0.3 is 0 Å². The van der Waals surface area contributed by atoms with Crippen molar-refractivity contribution in [1.29, 1.82) is 0 Å². The third-order valence-electron chi connectivity index (χ3n) is 2.64. The summed E-state index contributed by atoms with van der Waals surface area (Å²) in [6.45, 7) is 0.951. The number of methoxy groups -OCH3 is 1. The molecule has 1 saturated heterocycles. The van der Waals surface area contributed by atoms with Gasteiger partial charge in [0.05, 0.1) is 19.3 Å². The lowest BCUT2D eigenvalue weighted by atomic mass is 10.2. The first-order valence-electron chi connectivity index (χ1n) is 5.62. The van der Waals surface area contributed by atoms with Crippen LogP contribution >= 0.6 is 0 Å². The van der Waals surface area contributed by atoms with Crippen LogP contribution < -0.4 is 0 Å². The Morgan fingerprint density at radius 3 is 2.76 bits per heavy atom. The van der Waals surface area contributed by atoms with Crippen LogP contribution in [0.25, 0.3) is 0 Å². The van der Waals surface area contributed by atoms with Crippen LogP contribution in [0, 0.1) is 0 Å². The normalized spacial score (nSPS) is 24.2. The third-order valence-corrected chi connectivity index (χ3v) is 2.64. The van der Waals surface area contributed by atoms with Crippen molar-refractivity contribution in [2.75, 3.05) is 13.7 Å². The number of ether oxygens (including phenoxy) is 3. The second-order valence-electron chi connectivity index (χ2n) is 4.00. The highest BCUT2D eigenvalue weighted by atomic mass is 16.7. The Kier molecular flexibility index (Phi) is 4.25. The molecule has 1 fully saturated rings. The minimum atomic E-state index is -0.708. The number of rotatable bonds is 5. The van der Waals surface area contributed by atoms with Crippen molar-refractivity contribution in [3.05, 3.63) is 35.9 Å². The summed E-state index contributed by atoms with van der Waals surface area (Å²) in [7, 11) is 1.47. The van der Waals surface area contributed by atoms with Crippen molar-refractivity contribution in [3.63, 3.8) is 0 Å². The summed E-state index contributed by atoms with van der Waals surface area (Å²) >= 11 is 0. The van der Waals surface area contributed by atoms with Crippen LogP contribution in [0.15, 0.2) is 30.3 Å². The maximum Gasteiger partial charge on any atom is 0.217 e. The van der Waals surface area contributed by atoms with Gasteiger partial charge in [-0.1, -0.05) is 30.3 Å². The minimum Gasteiger partial charge on any atom is -0.374 e. The zero-order valence-electron chi connectivity index (χ0n) is 9.80. The molecular weight excluding hydrogens is 220 g/mol. The molecule has 0 aliphatic carbocycles. The molecule has 1 aromatic rings. The number of ketones is 1. The molecule has 0 radical (unpaired) electrons. The first-order chi connectivity index (χ1) is 8.29. The van der Waals surface area contributed by atoms with E-state index in [0.29, 0.717) is 19.6 Å². The Hall–Kier alpha value is -1.23. The average molecular weight is 236 g/mol. The van der Waals surface area contributed by atoms with Gasteiger partial charge in [-0.15, -0.1) is 0 Å². The van der Waals surface area contributed by atoms with Gasteiger partial charge in [0.1, 0.15) is 0 Å². The number of benzene rings is 1. The number of carbonyl (C=O) groups is 1. The van der Waals surface area contributed by atoms with E-state index in [2.05, 4.69) is 0 Å². The highest BCUT2D eigenvalue weighted by Gasteiger charge is 2.33. The van der Waals surface area contributed by atoms with E-state index in [-0.39, 0.29) is 11.9 Å². The minimum absolute atomic E-state index is 0.0131. The number of hydrogen-bond donors (Lipinski definition) is 0. The van der Waals surface area contributed by atoms with Gasteiger partial charge in [-0.3, -0.25) is 4.79 Å². The highest BCUT2D eigenvalue weighted by Crippen LogP contribution is 2.17. The molecule has 0 bridgehead atoms. The van der Waals surface area contributed by atoms with E-state index < -0.39 is 6.29 Å². The van der Waals surface area contributed by atoms with Crippen LogP contribution in [0.3, 0.4) is 0 Å². The standard InChI is InChI=1S/C13H16O4/c1-15-13-12(14)7-11(17-13)9-16-8-10-5-3-2-4-6-10/h2-6,11,13H,7-9H2,1H3. The summed E-state index contributed by atoms with van der Waals surface area (Å²) in [4.78, 5) is 11.3. The molecule has 1 aromatic carbocycles. The molecule has 0 aromatic heterocycles. The van der Waals surface area contributed by atoms with Crippen LogP contribution in [-0.4, -0.2) is 31.9 Å². The molecule has 2 rings (SSSR count). The van der Waals surface area contributed by atoms with Crippen LogP contribution in [0.4, 0.5) is 0 Å². The molecule has 2 unspecified atom stereocenters. The summed E-state index contributed by atoms with van der Waals surface area (Å²) in [6, 6.07) is 9.90. The topological polar surface area (TPSA) is 44.8 Å². The summed E-state index contributed by atoms with van der Waals surface area (Å²) in [5, 5.41) is 0. The Morgan fingerprint density at radius 2 is 2.12 bits per heavy atom. The lowest BCUT2D eigenvalue weighted by Crippen LogP contribution is -2.19. The van der Waals surface area contributed by atoms with Gasteiger partial charge in [0.2, 0.25) is 6.29 Å². The largest absolute Gasteiger partial charge is 0.374 e. The molecule has 0 spiro atoms. The highest BCUT2D eigenvalue weighted by molar-refractivity contribution is 5.83. The third kappa shape index (κ3) is 3.36. The van der Waals surface area contributed by atoms with Gasteiger partial charge < -0.3 is 14.2 Å². The van der Waals surface area contributed by atoms with Crippen LogP contribution in [0.2, 0.25) is 0 Å². The number of Topliss-reactive ketones (excluding diaryl/α,β-unsaturated/α-hetero) is 1. The second kappa shape index (κ2) is 5.91. The maximum atomic E-state index is 11.3. The number of carbonyl (C=O) groups excluding carboxylic acids is 1. The monoisotopic (exact) mass is 236 g/mol. The first kappa shape index (κ1) is 12.2. The van der Waals surface area contributed by atoms with E-state index in [9.17, 15) is 4.79 Å². The quantitative estimate of drug-likeness (QED) is 0.777. The molecule has 2 atom stereocenters. The smallest absolute Gasteiger partial charge is 0.217 e. The van der Waals surface area contributed by atoms with Crippen molar-refractivity contribution < 1.29 is 19.0 Å². The van der Waals surface area contributed by atoms with Crippen molar-refractivity contribution in [3.8, 4) is 0 Å². The van der Waals surface area contributed by atoms with Gasteiger partial charge in [0, 0.05) is 13.5 Å². The molecule has 1 aliphatic rings. The first-order valence-corrected chi connectivity index (χ1v) is 5.62. The van der Waals surface area contributed by atoms with Crippen LogP contribution in [0.1, 0.15) is 12.0 Å². The number of hydrogen-bond acceptors (Lipinski definition) is 4. The van der Waals surface area contributed by atoms with E-state index in [1.165, 1.54) is 7.11 Å². The summed E-state index contributed by atoms with van der Waals surface area (Å²) < 4.78 is 15.8. The van der Waals surface area contributed by atoms with E-state index in [1.807, 2.05) is 30.3 Å². The summed E-state index contributed by atoms with van der Waals surface area (Å²) in [5.41, 5.74) is 1.11. The molecule has 0 amide bonds. The zero-order chi connectivity index (χ0) is 12.1. The molecule has 0 N–H and O–H groups in total. The SMILES string of the molecule is COC1OC(COCc2ccccc2)CC1=O. The Balaban J connectivity index is 1.72. The fourth-order valence-corrected chi connectivity index (χ4v) is 1.79. The predicted octanol–water partition coefficient (Wildman–Crippen LogP) is 1.53. The second-order valence-corrected chi connectivity index (χ2v) is 4.00. The molecule has 1 heterocycles. The molecule has 0 saturated carbocycles. The van der Waals surface area contributed by atoms with Gasteiger partial charge in [-0.25, -0.2) is 0 Å². The molecule has 92 valence electrons. The zero-order valence-corrected chi connectivity index (χ0v) is 9.80. The molecule has 4 heteroatoms. The van der Waals surface area contributed by atoms with Gasteiger partial charge in [0.15, 0.2) is 5.78 Å². The van der Waals surface area contributed by atoms with E-state index in [4.69, 9.17) is 14.2 Å². The fourth-order valence-electron chi connectivity index (χ4n) is 1.79. The summed E-state index contributed by atoms with van der Waals surface area (Å²) in [6.07, 6.45) is -0.524. The lowest BCUT2D eigenvalue weighted by molar-refractivity contribution is -0.154. The molecule has 1 aliphatic heterocycles. The van der Waals surface area contributed by atoms with Crippen molar-refractivity contribution in [1.82, 2.24) is 0 Å². The maximum absolute atomic E-state index is 11.3. The molecular formula is C13H16O4. The van der Waals surface area contributed by atoms with Crippen LogP contribution in [0.5, 0.6) is 0 Å². The Bertz CT molecular complexity index is 363. The molecule has 4 nitrogen and oxygen atoms in total. The summed E-state index contributed by atoms with van der Waals surface area (Å²) in [5.74, 6) is -0.0131.